The lowest BCUT2D eigenvalue weighted by molar-refractivity contribution is -0.144. The molecule has 0 unspecified atom stereocenters. The zero-order chi connectivity index (χ0) is 18.8. The highest BCUT2D eigenvalue weighted by molar-refractivity contribution is 9.10. The van der Waals surface area contributed by atoms with Crippen LogP contribution >= 0.6 is 15.9 Å². The van der Waals surface area contributed by atoms with Crippen molar-refractivity contribution in [2.24, 2.45) is 0 Å². The second-order valence-corrected chi connectivity index (χ2v) is 6.40. The molecule has 0 radical (unpaired) electrons. The normalized spacial score (nSPS) is 11.8. The van der Waals surface area contributed by atoms with Crippen molar-refractivity contribution in [1.29, 1.82) is 0 Å². The second kappa shape index (κ2) is 10.7. The number of esters is 1. The standard InChI is InChI=1S/C18H23BrN2O4/c1-4-9-20-18(24)13(3)21-16(22)11-25-17(23)8-7-14-6-5-12(2)10-15(14)19/h5-8,10,13H,4,9,11H2,1-3H3,(H,20,24)(H,21,22)/b8-7+/t13-/m0/s1. The van der Waals surface area contributed by atoms with E-state index in [2.05, 4.69) is 26.6 Å². The molecule has 0 saturated carbocycles. The SMILES string of the molecule is CCCNC(=O)[C@H](C)NC(=O)COC(=O)/C=C/c1ccc(C)cc1Br. The number of hydrogen-bond acceptors (Lipinski definition) is 4. The highest BCUT2D eigenvalue weighted by Crippen LogP contribution is 2.19. The number of benzene rings is 1. The van der Waals surface area contributed by atoms with Gasteiger partial charge in [0.2, 0.25) is 5.91 Å². The number of amides is 2. The van der Waals surface area contributed by atoms with Gasteiger partial charge in [0.1, 0.15) is 6.04 Å². The van der Waals surface area contributed by atoms with Crippen LogP contribution in [-0.2, 0) is 19.1 Å². The summed E-state index contributed by atoms with van der Waals surface area (Å²) >= 11 is 3.41. The quantitative estimate of drug-likeness (QED) is 0.508. The van der Waals surface area contributed by atoms with Crippen molar-refractivity contribution in [2.45, 2.75) is 33.2 Å². The van der Waals surface area contributed by atoms with Gasteiger partial charge in [0.05, 0.1) is 0 Å². The van der Waals surface area contributed by atoms with Gasteiger partial charge in [-0.05, 0) is 43.5 Å². The molecular formula is C18H23BrN2O4. The number of hydrogen-bond donors (Lipinski definition) is 2. The summed E-state index contributed by atoms with van der Waals surface area (Å²) in [6.07, 6.45) is 3.66. The predicted molar refractivity (Wildman–Crippen MR) is 99.8 cm³/mol. The highest BCUT2D eigenvalue weighted by Gasteiger charge is 2.15. The van der Waals surface area contributed by atoms with E-state index in [9.17, 15) is 14.4 Å². The van der Waals surface area contributed by atoms with E-state index in [1.807, 2.05) is 32.0 Å². The molecule has 0 bridgehead atoms. The zero-order valence-electron chi connectivity index (χ0n) is 14.6. The summed E-state index contributed by atoms with van der Waals surface area (Å²) in [5.41, 5.74) is 1.92. The summed E-state index contributed by atoms with van der Waals surface area (Å²) in [5.74, 6) is -1.44. The van der Waals surface area contributed by atoms with Gasteiger partial charge in [0.25, 0.3) is 5.91 Å². The largest absolute Gasteiger partial charge is 0.452 e. The monoisotopic (exact) mass is 410 g/mol. The number of halogens is 1. The van der Waals surface area contributed by atoms with Crippen LogP contribution in [0.2, 0.25) is 0 Å². The van der Waals surface area contributed by atoms with Gasteiger partial charge in [-0.15, -0.1) is 0 Å². The summed E-state index contributed by atoms with van der Waals surface area (Å²) in [7, 11) is 0. The minimum Gasteiger partial charge on any atom is -0.452 e. The molecule has 136 valence electrons. The Bertz CT molecular complexity index is 658. The van der Waals surface area contributed by atoms with Gasteiger partial charge in [-0.25, -0.2) is 4.79 Å². The fourth-order valence-corrected chi connectivity index (χ4v) is 2.49. The van der Waals surface area contributed by atoms with Gasteiger partial charge < -0.3 is 15.4 Å². The van der Waals surface area contributed by atoms with E-state index in [4.69, 9.17) is 4.74 Å². The Labute approximate surface area is 156 Å². The lowest BCUT2D eigenvalue weighted by atomic mass is 10.1. The Balaban J connectivity index is 2.41. The Morgan fingerprint density at radius 1 is 1.32 bits per heavy atom. The molecule has 1 aromatic carbocycles. The molecule has 25 heavy (non-hydrogen) atoms. The van der Waals surface area contributed by atoms with Crippen molar-refractivity contribution in [3.05, 3.63) is 39.9 Å². The van der Waals surface area contributed by atoms with Crippen LogP contribution in [0.1, 0.15) is 31.4 Å². The van der Waals surface area contributed by atoms with E-state index in [-0.39, 0.29) is 5.91 Å². The lowest BCUT2D eigenvalue weighted by Gasteiger charge is -2.13. The predicted octanol–water partition coefficient (Wildman–Crippen LogP) is 2.34. The molecular weight excluding hydrogens is 388 g/mol. The summed E-state index contributed by atoms with van der Waals surface area (Å²) in [6, 6.07) is 5.04. The maximum absolute atomic E-state index is 11.7. The molecule has 6 nitrogen and oxygen atoms in total. The summed E-state index contributed by atoms with van der Waals surface area (Å²) < 4.78 is 5.73. The molecule has 2 N–H and O–H groups in total. The third-order valence-electron chi connectivity index (χ3n) is 3.22. The summed E-state index contributed by atoms with van der Waals surface area (Å²) in [4.78, 5) is 35.0. The van der Waals surface area contributed by atoms with Crippen LogP contribution in [-0.4, -0.2) is 37.0 Å². The first-order valence-electron chi connectivity index (χ1n) is 8.01. The highest BCUT2D eigenvalue weighted by atomic mass is 79.9. The molecule has 0 aliphatic carbocycles. The maximum atomic E-state index is 11.7. The molecule has 1 atom stereocenters. The molecule has 0 aromatic heterocycles. The summed E-state index contributed by atoms with van der Waals surface area (Å²) in [5, 5.41) is 5.15. The van der Waals surface area contributed by atoms with Crippen molar-refractivity contribution >= 4 is 39.8 Å². The molecule has 0 heterocycles. The number of rotatable bonds is 8. The minimum absolute atomic E-state index is 0.273. The number of ether oxygens (including phenoxy) is 1. The van der Waals surface area contributed by atoms with Crippen LogP contribution in [0.3, 0.4) is 0 Å². The van der Waals surface area contributed by atoms with Crippen molar-refractivity contribution in [3.8, 4) is 0 Å². The van der Waals surface area contributed by atoms with Gasteiger partial charge in [-0.3, -0.25) is 9.59 Å². The number of carbonyl (C=O) groups excluding carboxylic acids is 3. The van der Waals surface area contributed by atoms with Crippen LogP contribution in [0.5, 0.6) is 0 Å². The number of nitrogens with one attached hydrogen (secondary N) is 2. The Hall–Kier alpha value is -2.15. The lowest BCUT2D eigenvalue weighted by Crippen LogP contribution is -2.46. The van der Waals surface area contributed by atoms with Gasteiger partial charge in [0, 0.05) is 17.1 Å². The van der Waals surface area contributed by atoms with Crippen molar-refractivity contribution in [1.82, 2.24) is 10.6 Å². The minimum atomic E-state index is -0.684. The first-order valence-corrected chi connectivity index (χ1v) is 8.80. The van der Waals surface area contributed by atoms with Crippen LogP contribution in [0.4, 0.5) is 0 Å². The third kappa shape index (κ3) is 7.98. The molecule has 0 fully saturated rings. The number of aryl methyl sites for hydroxylation is 1. The fraction of sp³-hybridized carbons (Fsp3) is 0.389. The Kier molecular flexibility index (Phi) is 8.91. The molecule has 0 aliphatic heterocycles. The molecule has 0 saturated heterocycles. The molecule has 7 heteroatoms. The Morgan fingerprint density at radius 2 is 2.04 bits per heavy atom. The van der Waals surface area contributed by atoms with E-state index in [1.165, 1.54) is 6.08 Å². The third-order valence-corrected chi connectivity index (χ3v) is 3.91. The summed E-state index contributed by atoms with van der Waals surface area (Å²) in [6.45, 7) is 5.58. The van der Waals surface area contributed by atoms with Crippen molar-refractivity contribution in [3.63, 3.8) is 0 Å². The van der Waals surface area contributed by atoms with Crippen LogP contribution in [0, 0.1) is 6.92 Å². The second-order valence-electron chi connectivity index (χ2n) is 5.55. The first kappa shape index (κ1) is 20.9. The maximum Gasteiger partial charge on any atom is 0.331 e. The van der Waals surface area contributed by atoms with E-state index < -0.39 is 24.5 Å². The van der Waals surface area contributed by atoms with Crippen LogP contribution in [0.25, 0.3) is 6.08 Å². The van der Waals surface area contributed by atoms with E-state index in [1.54, 1.807) is 13.0 Å². The topological polar surface area (TPSA) is 84.5 Å². The molecule has 1 aromatic rings. The molecule has 2 amide bonds. The van der Waals surface area contributed by atoms with Gasteiger partial charge >= 0.3 is 5.97 Å². The average molecular weight is 411 g/mol. The van der Waals surface area contributed by atoms with Gasteiger partial charge in [0.15, 0.2) is 6.61 Å². The van der Waals surface area contributed by atoms with E-state index in [0.717, 1.165) is 22.0 Å². The average Bonchev–Trinajstić information content (AvgIpc) is 2.56. The molecule has 0 spiro atoms. The van der Waals surface area contributed by atoms with Crippen molar-refractivity contribution in [2.75, 3.05) is 13.2 Å². The first-order chi connectivity index (χ1) is 11.8. The Morgan fingerprint density at radius 3 is 2.68 bits per heavy atom. The van der Waals surface area contributed by atoms with Gasteiger partial charge in [-0.2, -0.15) is 0 Å². The molecule has 0 aliphatic rings. The van der Waals surface area contributed by atoms with E-state index >= 15 is 0 Å². The zero-order valence-corrected chi connectivity index (χ0v) is 16.2. The fourth-order valence-electron chi connectivity index (χ4n) is 1.86. The smallest absolute Gasteiger partial charge is 0.331 e. The van der Waals surface area contributed by atoms with Crippen LogP contribution in [0.15, 0.2) is 28.7 Å². The molecule has 1 rings (SSSR count). The number of carbonyl (C=O) groups is 3. The van der Waals surface area contributed by atoms with Crippen LogP contribution < -0.4 is 10.6 Å². The van der Waals surface area contributed by atoms with Crippen molar-refractivity contribution < 1.29 is 19.1 Å². The van der Waals surface area contributed by atoms with Gasteiger partial charge in [-0.1, -0.05) is 35.0 Å². The van der Waals surface area contributed by atoms with E-state index in [0.29, 0.717) is 6.54 Å².